The van der Waals surface area contributed by atoms with Crippen LogP contribution in [0.2, 0.25) is 4.47 Å². The maximum atomic E-state index is 13.0. The lowest BCUT2D eigenvalue weighted by Gasteiger charge is -2.15. The molecule has 0 fully saturated rings. The average molecular weight is 286 g/mol. The van der Waals surface area contributed by atoms with Crippen LogP contribution in [0.5, 0.6) is 0 Å². The Kier molecular flexibility index (Phi) is 3.88. The van der Waals surface area contributed by atoms with Gasteiger partial charge in [0.1, 0.15) is 5.82 Å². The van der Waals surface area contributed by atoms with Gasteiger partial charge < -0.3 is 4.90 Å². The molecule has 94 valence electrons. The van der Waals surface area contributed by atoms with E-state index in [9.17, 15) is 9.18 Å². The molecular formula is C11H9ClFN3OS. The van der Waals surface area contributed by atoms with Gasteiger partial charge in [-0.2, -0.15) is 0 Å². The molecule has 0 saturated carbocycles. The third-order valence-corrected chi connectivity index (χ3v) is 3.25. The fourth-order valence-corrected chi connectivity index (χ4v) is 2.26. The van der Waals surface area contributed by atoms with Crippen molar-refractivity contribution in [3.05, 3.63) is 45.1 Å². The maximum absolute atomic E-state index is 13.0. The van der Waals surface area contributed by atoms with E-state index in [0.717, 1.165) is 11.3 Å². The van der Waals surface area contributed by atoms with E-state index in [1.54, 1.807) is 19.2 Å². The van der Waals surface area contributed by atoms with Gasteiger partial charge in [0.25, 0.3) is 5.91 Å². The molecular weight excluding hydrogens is 277 g/mol. The lowest BCUT2D eigenvalue weighted by Crippen LogP contribution is -2.26. The molecule has 1 aromatic carbocycles. The molecule has 2 rings (SSSR count). The maximum Gasteiger partial charge on any atom is 0.284 e. The molecule has 18 heavy (non-hydrogen) atoms. The van der Waals surface area contributed by atoms with E-state index in [1.165, 1.54) is 17.0 Å². The molecule has 0 atom stereocenters. The molecule has 0 spiro atoms. The minimum Gasteiger partial charge on any atom is -0.335 e. The van der Waals surface area contributed by atoms with Crippen molar-refractivity contribution in [3.8, 4) is 0 Å². The van der Waals surface area contributed by atoms with Crippen LogP contribution < -0.4 is 0 Å². The molecule has 4 nitrogen and oxygen atoms in total. The van der Waals surface area contributed by atoms with Crippen LogP contribution in [-0.2, 0) is 6.54 Å². The normalized spacial score (nSPS) is 10.4. The summed E-state index contributed by atoms with van der Waals surface area (Å²) in [5.41, 5.74) is 0.710. The van der Waals surface area contributed by atoms with Crippen molar-refractivity contribution in [3.63, 3.8) is 0 Å². The molecule has 0 radical (unpaired) electrons. The molecule has 1 amide bonds. The number of benzene rings is 1. The van der Waals surface area contributed by atoms with E-state index in [2.05, 4.69) is 10.2 Å². The lowest BCUT2D eigenvalue weighted by molar-refractivity contribution is 0.0783. The van der Waals surface area contributed by atoms with E-state index < -0.39 is 0 Å². The number of halogens is 2. The van der Waals surface area contributed by atoms with Crippen molar-refractivity contribution < 1.29 is 9.18 Å². The van der Waals surface area contributed by atoms with Gasteiger partial charge in [0.2, 0.25) is 9.47 Å². The molecule has 1 aromatic heterocycles. The van der Waals surface area contributed by atoms with E-state index in [0.29, 0.717) is 12.1 Å². The second-order valence-corrected chi connectivity index (χ2v) is 5.21. The Morgan fingerprint density at radius 1 is 1.50 bits per heavy atom. The highest BCUT2D eigenvalue weighted by Crippen LogP contribution is 2.17. The molecule has 0 aliphatic heterocycles. The zero-order chi connectivity index (χ0) is 13.1. The number of carbonyl (C=O) groups is 1. The van der Waals surface area contributed by atoms with Crippen molar-refractivity contribution in [2.45, 2.75) is 6.54 Å². The molecule has 0 aliphatic carbocycles. The highest BCUT2D eigenvalue weighted by atomic mass is 35.5. The van der Waals surface area contributed by atoms with Crippen molar-refractivity contribution in [1.82, 2.24) is 15.1 Å². The van der Waals surface area contributed by atoms with E-state index in [4.69, 9.17) is 11.6 Å². The van der Waals surface area contributed by atoms with Crippen LogP contribution >= 0.6 is 22.9 Å². The molecule has 0 aliphatic rings. The minimum atomic E-state index is -0.327. The summed E-state index contributed by atoms with van der Waals surface area (Å²) < 4.78 is 13.2. The second kappa shape index (κ2) is 5.41. The largest absolute Gasteiger partial charge is 0.335 e. The summed E-state index contributed by atoms with van der Waals surface area (Å²) >= 11 is 6.63. The average Bonchev–Trinajstić information content (AvgIpc) is 2.75. The monoisotopic (exact) mass is 285 g/mol. The zero-order valence-corrected chi connectivity index (χ0v) is 11.0. The summed E-state index contributed by atoms with van der Waals surface area (Å²) in [6, 6.07) is 6.09. The van der Waals surface area contributed by atoms with Gasteiger partial charge in [-0.3, -0.25) is 4.79 Å². The van der Waals surface area contributed by atoms with Crippen LogP contribution in [0.3, 0.4) is 0 Å². The Morgan fingerprint density at radius 3 is 2.89 bits per heavy atom. The van der Waals surface area contributed by atoms with Crippen LogP contribution in [0.25, 0.3) is 0 Å². The van der Waals surface area contributed by atoms with Gasteiger partial charge in [-0.15, -0.1) is 10.2 Å². The Bertz CT molecular complexity index is 575. The minimum absolute atomic E-state index is 0.220. The smallest absolute Gasteiger partial charge is 0.284 e. The zero-order valence-electron chi connectivity index (χ0n) is 9.43. The van der Waals surface area contributed by atoms with Gasteiger partial charge in [0.15, 0.2) is 0 Å². The predicted octanol–water partition coefficient (Wildman–Crippen LogP) is 2.60. The number of rotatable bonds is 3. The first-order valence-corrected chi connectivity index (χ1v) is 6.24. The molecule has 7 heteroatoms. The van der Waals surface area contributed by atoms with Gasteiger partial charge in [-0.05, 0) is 29.3 Å². The van der Waals surface area contributed by atoms with Gasteiger partial charge in [-0.25, -0.2) is 4.39 Å². The number of aromatic nitrogens is 2. The summed E-state index contributed by atoms with van der Waals surface area (Å²) in [7, 11) is 1.61. The van der Waals surface area contributed by atoms with Crippen molar-refractivity contribution in [1.29, 1.82) is 0 Å². The fourth-order valence-electron chi connectivity index (χ4n) is 1.44. The van der Waals surface area contributed by atoms with Crippen molar-refractivity contribution >= 4 is 28.8 Å². The summed E-state index contributed by atoms with van der Waals surface area (Å²) in [6.07, 6.45) is 0. The number of amides is 1. The molecule has 0 unspecified atom stereocenters. The third-order valence-electron chi connectivity index (χ3n) is 2.24. The van der Waals surface area contributed by atoms with Crippen LogP contribution in [0.1, 0.15) is 15.4 Å². The Morgan fingerprint density at radius 2 is 2.28 bits per heavy atom. The number of carbonyl (C=O) groups excluding carboxylic acids is 1. The van der Waals surface area contributed by atoms with E-state index >= 15 is 0 Å². The number of hydrogen-bond donors (Lipinski definition) is 0. The van der Waals surface area contributed by atoms with Gasteiger partial charge in [0, 0.05) is 13.6 Å². The van der Waals surface area contributed by atoms with Crippen molar-refractivity contribution in [2.24, 2.45) is 0 Å². The Labute approximate surface area is 112 Å². The van der Waals surface area contributed by atoms with Crippen molar-refractivity contribution in [2.75, 3.05) is 7.05 Å². The Balaban J connectivity index is 2.08. The number of nitrogens with zero attached hydrogens (tertiary/aromatic N) is 3. The summed E-state index contributed by atoms with van der Waals surface area (Å²) in [6.45, 7) is 0.299. The van der Waals surface area contributed by atoms with Crippen LogP contribution in [0.4, 0.5) is 4.39 Å². The van der Waals surface area contributed by atoms with Gasteiger partial charge in [-0.1, -0.05) is 23.5 Å². The molecule has 0 N–H and O–H groups in total. The summed E-state index contributed by atoms with van der Waals surface area (Å²) in [4.78, 5) is 13.4. The van der Waals surface area contributed by atoms with Crippen LogP contribution in [0.15, 0.2) is 24.3 Å². The molecule has 1 heterocycles. The highest BCUT2D eigenvalue weighted by molar-refractivity contribution is 7.17. The summed E-state index contributed by atoms with van der Waals surface area (Å²) in [5, 5.41) is 7.46. The standard InChI is InChI=1S/C11H9ClFN3OS/c1-16(6-7-3-2-4-8(13)5-7)10(17)9-14-15-11(12)18-9/h2-5H,6H2,1H3. The predicted molar refractivity (Wildman–Crippen MR) is 67.1 cm³/mol. The first-order valence-electron chi connectivity index (χ1n) is 5.05. The lowest BCUT2D eigenvalue weighted by atomic mass is 10.2. The third kappa shape index (κ3) is 3.02. The first-order chi connectivity index (χ1) is 8.56. The van der Waals surface area contributed by atoms with E-state index in [-0.39, 0.29) is 21.2 Å². The fraction of sp³-hybridized carbons (Fsp3) is 0.182. The number of hydrogen-bond acceptors (Lipinski definition) is 4. The Hall–Kier alpha value is -1.53. The molecule has 0 bridgehead atoms. The van der Waals surface area contributed by atoms with Gasteiger partial charge in [0.05, 0.1) is 0 Å². The molecule has 0 saturated heterocycles. The quantitative estimate of drug-likeness (QED) is 0.871. The molecule has 2 aromatic rings. The highest BCUT2D eigenvalue weighted by Gasteiger charge is 2.17. The van der Waals surface area contributed by atoms with Gasteiger partial charge >= 0.3 is 0 Å². The first kappa shape index (κ1) is 12.9. The van der Waals surface area contributed by atoms with Crippen LogP contribution in [-0.4, -0.2) is 28.1 Å². The second-order valence-electron chi connectivity index (χ2n) is 3.65. The summed E-state index contributed by atoms with van der Waals surface area (Å²) in [5.74, 6) is -0.615. The topological polar surface area (TPSA) is 46.1 Å². The van der Waals surface area contributed by atoms with E-state index in [1.807, 2.05) is 0 Å². The SMILES string of the molecule is CN(Cc1cccc(F)c1)C(=O)c1nnc(Cl)s1. The van der Waals surface area contributed by atoms with Crippen LogP contribution in [0, 0.1) is 5.82 Å².